The Hall–Kier alpha value is -0.690. The third-order valence-corrected chi connectivity index (χ3v) is 4.61. The first-order chi connectivity index (χ1) is 8.49. The van der Waals surface area contributed by atoms with Crippen molar-refractivity contribution in [3.8, 4) is 0 Å². The van der Waals surface area contributed by atoms with Gasteiger partial charge in [0.2, 0.25) is 10.0 Å². The van der Waals surface area contributed by atoms with Crippen LogP contribution in [0.15, 0.2) is 23.1 Å². The normalized spacial score (nSPS) is 20.2. The van der Waals surface area contributed by atoms with Crippen molar-refractivity contribution in [1.29, 1.82) is 0 Å². The molecule has 1 fully saturated rings. The number of ether oxygens (including phenoxy) is 1. The van der Waals surface area contributed by atoms with Crippen molar-refractivity contribution in [3.05, 3.63) is 29.0 Å². The second-order valence-corrected chi connectivity index (χ2v) is 6.20. The monoisotopic (exact) mass is 293 g/mol. The smallest absolute Gasteiger partial charge is 0.242 e. The highest BCUT2D eigenvalue weighted by Gasteiger charge is 2.22. The molecule has 18 heavy (non-hydrogen) atoms. The minimum atomic E-state index is -3.72. The lowest BCUT2D eigenvalue weighted by Gasteiger charge is -2.12. The summed E-state index contributed by atoms with van der Waals surface area (Å²) >= 11 is 5.72. The van der Waals surface area contributed by atoms with E-state index in [1.54, 1.807) is 0 Å². The fraction of sp³-hybridized carbons (Fsp3) is 0.455. The molecule has 1 saturated heterocycles. The average molecular weight is 294 g/mol. The van der Waals surface area contributed by atoms with Gasteiger partial charge in [-0.1, -0.05) is 11.6 Å². The van der Waals surface area contributed by atoms with Crippen molar-refractivity contribution >= 4 is 21.6 Å². The molecule has 1 aliphatic heterocycles. The molecule has 0 radical (unpaired) electrons. The summed E-state index contributed by atoms with van der Waals surface area (Å²) in [5.74, 6) is -0.571. The van der Waals surface area contributed by atoms with Gasteiger partial charge in [-0.15, -0.1) is 0 Å². The van der Waals surface area contributed by atoms with Crippen LogP contribution in [0.2, 0.25) is 5.02 Å². The van der Waals surface area contributed by atoms with Gasteiger partial charge in [0.25, 0.3) is 0 Å². The van der Waals surface area contributed by atoms with Crippen LogP contribution in [0.4, 0.5) is 4.39 Å². The molecule has 1 heterocycles. The SMILES string of the molecule is O=S(=O)(NCC1CCCO1)c1ccc(F)cc1Cl. The number of nitrogens with one attached hydrogen (secondary N) is 1. The van der Waals surface area contributed by atoms with E-state index in [1.165, 1.54) is 0 Å². The van der Waals surface area contributed by atoms with Crippen LogP contribution < -0.4 is 4.72 Å². The van der Waals surface area contributed by atoms with Gasteiger partial charge < -0.3 is 4.74 Å². The number of hydrogen-bond acceptors (Lipinski definition) is 3. The Labute approximate surface area is 110 Å². The first kappa shape index (κ1) is 13.7. The van der Waals surface area contributed by atoms with E-state index in [-0.39, 0.29) is 22.6 Å². The molecule has 100 valence electrons. The summed E-state index contributed by atoms with van der Waals surface area (Å²) in [4.78, 5) is -0.122. The maximum absolute atomic E-state index is 12.8. The highest BCUT2D eigenvalue weighted by Crippen LogP contribution is 2.22. The molecule has 0 amide bonds. The third kappa shape index (κ3) is 3.20. The molecule has 0 aliphatic carbocycles. The van der Waals surface area contributed by atoms with E-state index in [9.17, 15) is 12.8 Å². The van der Waals surface area contributed by atoms with Gasteiger partial charge in [-0.3, -0.25) is 0 Å². The highest BCUT2D eigenvalue weighted by atomic mass is 35.5. The molecule has 1 unspecified atom stereocenters. The molecule has 0 saturated carbocycles. The fourth-order valence-electron chi connectivity index (χ4n) is 1.78. The second-order valence-electron chi connectivity index (χ2n) is 4.06. The molecule has 7 heteroatoms. The Morgan fingerprint density at radius 3 is 2.89 bits per heavy atom. The summed E-state index contributed by atoms with van der Waals surface area (Å²) in [5.41, 5.74) is 0. The van der Waals surface area contributed by atoms with Crippen LogP contribution in [-0.4, -0.2) is 27.7 Å². The van der Waals surface area contributed by atoms with E-state index in [1.807, 2.05) is 0 Å². The molecule has 1 aliphatic rings. The van der Waals surface area contributed by atoms with Crippen LogP contribution in [0.25, 0.3) is 0 Å². The minimum Gasteiger partial charge on any atom is -0.377 e. The highest BCUT2D eigenvalue weighted by molar-refractivity contribution is 7.89. The number of benzene rings is 1. The lowest BCUT2D eigenvalue weighted by Crippen LogP contribution is -2.32. The zero-order chi connectivity index (χ0) is 13.2. The van der Waals surface area contributed by atoms with E-state index < -0.39 is 15.8 Å². The van der Waals surface area contributed by atoms with Gasteiger partial charge in [-0.2, -0.15) is 0 Å². The molecule has 0 spiro atoms. The number of sulfonamides is 1. The lowest BCUT2D eigenvalue weighted by molar-refractivity contribution is 0.114. The first-order valence-corrected chi connectivity index (χ1v) is 7.41. The molecule has 1 N–H and O–H groups in total. The number of rotatable bonds is 4. The zero-order valence-corrected chi connectivity index (χ0v) is 11.1. The summed E-state index contributed by atoms with van der Waals surface area (Å²) < 4.78 is 44.5. The molecule has 1 aromatic rings. The Morgan fingerprint density at radius 2 is 2.28 bits per heavy atom. The Bertz CT molecular complexity index is 529. The molecule has 0 aromatic heterocycles. The topological polar surface area (TPSA) is 55.4 Å². The van der Waals surface area contributed by atoms with Crippen LogP contribution in [0.3, 0.4) is 0 Å². The third-order valence-electron chi connectivity index (χ3n) is 2.71. The van der Waals surface area contributed by atoms with E-state index in [0.717, 1.165) is 31.0 Å². The van der Waals surface area contributed by atoms with E-state index in [0.29, 0.717) is 6.61 Å². The van der Waals surface area contributed by atoms with Crippen LogP contribution in [0.1, 0.15) is 12.8 Å². The maximum atomic E-state index is 12.8. The van der Waals surface area contributed by atoms with Gasteiger partial charge in [0.15, 0.2) is 0 Å². The quantitative estimate of drug-likeness (QED) is 0.923. The van der Waals surface area contributed by atoms with Gasteiger partial charge in [-0.25, -0.2) is 17.5 Å². The van der Waals surface area contributed by atoms with Gasteiger partial charge in [0, 0.05) is 13.2 Å². The second kappa shape index (κ2) is 5.52. The van der Waals surface area contributed by atoms with Crippen molar-refractivity contribution in [2.24, 2.45) is 0 Å². The molecular weight excluding hydrogens is 281 g/mol. The van der Waals surface area contributed by atoms with Gasteiger partial charge in [-0.05, 0) is 31.0 Å². The summed E-state index contributed by atoms with van der Waals surface area (Å²) in [5, 5.41) is -0.130. The minimum absolute atomic E-state index is 0.0981. The Kier molecular flexibility index (Phi) is 4.21. The van der Waals surface area contributed by atoms with Crippen LogP contribution in [0, 0.1) is 5.82 Å². The molecular formula is C11H13ClFNO3S. The Balaban J connectivity index is 2.09. The van der Waals surface area contributed by atoms with Crippen molar-refractivity contribution in [2.75, 3.05) is 13.2 Å². The molecule has 4 nitrogen and oxygen atoms in total. The molecule has 2 rings (SSSR count). The summed E-state index contributed by atoms with van der Waals surface area (Å²) in [7, 11) is -3.72. The summed E-state index contributed by atoms with van der Waals surface area (Å²) in [6.45, 7) is 0.861. The predicted octanol–water partition coefficient (Wildman–Crippen LogP) is 1.94. The van der Waals surface area contributed by atoms with Gasteiger partial charge in [0.1, 0.15) is 10.7 Å². The summed E-state index contributed by atoms with van der Waals surface area (Å²) in [6, 6.07) is 3.18. The van der Waals surface area contributed by atoms with E-state index in [4.69, 9.17) is 16.3 Å². The maximum Gasteiger partial charge on any atom is 0.242 e. The van der Waals surface area contributed by atoms with Crippen molar-refractivity contribution < 1.29 is 17.5 Å². The first-order valence-electron chi connectivity index (χ1n) is 5.55. The summed E-state index contributed by atoms with van der Waals surface area (Å²) in [6.07, 6.45) is 1.67. The van der Waals surface area contributed by atoms with Crippen molar-refractivity contribution in [1.82, 2.24) is 4.72 Å². The fourth-order valence-corrected chi connectivity index (χ4v) is 3.37. The van der Waals surface area contributed by atoms with Gasteiger partial charge in [0.05, 0.1) is 11.1 Å². The van der Waals surface area contributed by atoms with Crippen LogP contribution >= 0.6 is 11.6 Å². The number of hydrogen-bond donors (Lipinski definition) is 1. The lowest BCUT2D eigenvalue weighted by atomic mass is 10.2. The predicted molar refractivity (Wildman–Crippen MR) is 65.6 cm³/mol. The molecule has 1 aromatic carbocycles. The van der Waals surface area contributed by atoms with Crippen LogP contribution in [0.5, 0.6) is 0 Å². The molecule has 1 atom stereocenters. The van der Waals surface area contributed by atoms with Gasteiger partial charge >= 0.3 is 0 Å². The van der Waals surface area contributed by atoms with Crippen molar-refractivity contribution in [2.45, 2.75) is 23.8 Å². The largest absolute Gasteiger partial charge is 0.377 e. The van der Waals surface area contributed by atoms with Crippen molar-refractivity contribution in [3.63, 3.8) is 0 Å². The molecule has 0 bridgehead atoms. The average Bonchev–Trinajstić information content (AvgIpc) is 2.78. The van der Waals surface area contributed by atoms with E-state index in [2.05, 4.69) is 4.72 Å². The number of halogens is 2. The Morgan fingerprint density at radius 1 is 1.50 bits per heavy atom. The van der Waals surface area contributed by atoms with E-state index >= 15 is 0 Å². The van der Waals surface area contributed by atoms with Crippen LogP contribution in [-0.2, 0) is 14.8 Å². The standard InChI is InChI=1S/C11H13ClFNO3S/c12-10-6-8(13)3-4-11(10)18(15,16)14-7-9-2-1-5-17-9/h3-4,6,9,14H,1-2,5,7H2. The zero-order valence-electron chi connectivity index (χ0n) is 9.53.